The zero-order chi connectivity index (χ0) is 8.55. The van der Waals surface area contributed by atoms with E-state index in [1.54, 1.807) is 0 Å². The molecule has 0 aromatic heterocycles. The molecule has 0 spiro atoms. The molecule has 0 unspecified atom stereocenters. The molecule has 0 heterocycles. The van der Waals surface area contributed by atoms with Gasteiger partial charge in [-0.2, -0.15) is 0 Å². The van der Waals surface area contributed by atoms with E-state index >= 15 is 0 Å². The predicted molar refractivity (Wildman–Crippen MR) is 45.6 cm³/mol. The van der Waals surface area contributed by atoms with Gasteiger partial charge in [-0.25, -0.2) is 0 Å². The highest BCUT2D eigenvalue weighted by Crippen LogP contribution is 2.46. The summed E-state index contributed by atoms with van der Waals surface area (Å²) in [6.07, 6.45) is 6.28. The van der Waals surface area contributed by atoms with Crippen molar-refractivity contribution in [2.45, 2.75) is 32.1 Å². The summed E-state index contributed by atoms with van der Waals surface area (Å²) in [6.45, 7) is 0. The van der Waals surface area contributed by atoms with Gasteiger partial charge in [-0.3, -0.25) is 4.79 Å². The number of methoxy groups -OCH3 is 1. The molecule has 2 nitrogen and oxygen atoms in total. The first-order valence-electron chi connectivity index (χ1n) is 4.89. The minimum Gasteiger partial charge on any atom is -0.469 e. The summed E-state index contributed by atoms with van der Waals surface area (Å²) in [5.74, 6) is 1.75. The molecule has 68 valence electrons. The van der Waals surface area contributed by atoms with E-state index in [0.717, 1.165) is 12.3 Å². The average Bonchev–Trinajstić information content (AvgIpc) is 2.40. The molecule has 2 heteroatoms. The van der Waals surface area contributed by atoms with Crippen LogP contribution in [0.3, 0.4) is 0 Å². The molecule has 2 aliphatic rings. The molecule has 0 amide bonds. The first kappa shape index (κ1) is 8.09. The van der Waals surface area contributed by atoms with Crippen molar-refractivity contribution in [3.05, 3.63) is 0 Å². The summed E-state index contributed by atoms with van der Waals surface area (Å²) in [6, 6.07) is 0. The normalized spacial score (nSPS) is 39.6. The standard InChI is InChI=1S/C10H16O2/c1-12-10(11)9-6-7-3-2-4-8(9)5-7/h7-9H,2-6H2,1H3/t7-,8+,9-/m0/s1. The van der Waals surface area contributed by atoms with Gasteiger partial charge in [-0.15, -0.1) is 0 Å². The molecule has 0 saturated heterocycles. The number of carbonyl (C=O) groups excluding carboxylic acids is 1. The maximum atomic E-state index is 11.3. The Morgan fingerprint density at radius 3 is 2.83 bits per heavy atom. The second-order valence-electron chi connectivity index (χ2n) is 4.16. The highest BCUT2D eigenvalue weighted by Gasteiger charge is 2.41. The number of fused-ring (bicyclic) bond motifs is 2. The molecule has 0 aromatic rings. The lowest BCUT2D eigenvalue weighted by Crippen LogP contribution is -2.19. The third kappa shape index (κ3) is 1.23. The van der Waals surface area contributed by atoms with Gasteiger partial charge >= 0.3 is 5.97 Å². The second-order valence-corrected chi connectivity index (χ2v) is 4.16. The molecule has 0 aliphatic heterocycles. The number of esters is 1. The lowest BCUT2D eigenvalue weighted by Gasteiger charge is -2.19. The van der Waals surface area contributed by atoms with Crippen LogP contribution in [-0.2, 0) is 9.53 Å². The van der Waals surface area contributed by atoms with E-state index < -0.39 is 0 Å². The zero-order valence-electron chi connectivity index (χ0n) is 7.58. The third-order valence-corrected chi connectivity index (χ3v) is 3.48. The molecule has 0 radical (unpaired) electrons. The lowest BCUT2D eigenvalue weighted by molar-refractivity contribution is -0.146. The molecule has 2 bridgehead atoms. The van der Waals surface area contributed by atoms with Crippen molar-refractivity contribution in [3.8, 4) is 0 Å². The van der Waals surface area contributed by atoms with E-state index in [1.165, 1.54) is 32.8 Å². The van der Waals surface area contributed by atoms with Crippen LogP contribution in [0, 0.1) is 17.8 Å². The summed E-state index contributed by atoms with van der Waals surface area (Å²) in [5.41, 5.74) is 0. The first-order valence-corrected chi connectivity index (χ1v) is 4.89. The van der Waals surface area contributed by atoms with E-state index in [9.17, 15) is 4.79 Å². The third-order valence-electron chi connectivity index (χ3n) is 3.48. The van der Waals surface area contributed by atoms with E-state index in [1.807, 2.05) is 0 Å². The summed E-state index contributed by atoms with van der Waals surface area (Å²) in [7, 11) is 1.50. The van der Waals surface area contributed by atoms with Crippen molar-refractivity contribution in [2.75, 3.05) is 7.11 Å². The van der Waals surface area contributed by atoms with Gasteiger partial charge in [0.15, 0.2) is 0 Å². The van der Waals surface area contributed by atoms with Gasteiger partial charge in [0.1, 0.15) is 0 Å². The summed E-state index contributed by atoms with van der Waals surface area (Å²) < 4.78 is 4.80. The van der Waals surface area contributed by atoms with Gasteiger partial charge in [0.25, 0.3) is 0 Å². The Balaban J connectivity index is 2.04. The van der Waals surface area contributed by atoms with Gasteiger partial charge in [-0.1, -0.05) is 12.8 Å². The maximum absolute atomic E-state index is 11.3. The SMILES string of the molecule is COC(=O)[C@H]1C[C@H]2CCC[C@@H]1C2. The Morgan fingerprint density at radius 2 is 2.17 bits per heavy atom. The van der Waals surface area contributed by atoms with Crippen molar-refractivity contribution < 1.29 is 9.53 Å². The van der Waals surface area contributed by atoms with E-state index in [2.05, 4.69) is 0 Å². The topological polar surface area (TPSA) is 26.3 Å². The van der Waals surface area contributed by atoms with Gasteiger partial charge in [0.05, 0.1) is 13.0 Å². The number of hydrogen-bond donors (Lipinski definition) is 0. The van der Waals surface area contributed by atoms with Crippen LogP contribution in [0.25, 0.3) is 0 Å². The zero-order valence-corrected chi connectivity index (χ0v) is 7.58. The largest absolute Gasteiger partial charge is 0.469 e. The van der Waals surface area contributed by atoms with Crippen LogP contribution >= 0.6 is 0 Å². The van der Waals surface area contributed by atoms with Crippen LogP contribution in [0.2, 0.25) is 0 Å². The molecule has 2 aliphatic carbocycles. The van der Waals surface area contributed by atoms with Crippen LogP contribution in [-0.4, -0.2) is 13.1 Å². The first-order chi connectivity index (χ1) is 5.81. The Hall–Kier alpha value is -0.530. The second kappa shape index (κ2) is 3.08. The minimum atomic E-state index is 0.0319. The molecule has 0 aromatic carbocycles. The van der Waals surface area contributed by atoms with Crippen molar-refractivity contribution in [1.29, 1.82) is 0 Å². The Kier molecular flexibility index (Phi) is 2.07. The molecular weight excluding hydrogens is 152 g/mol. The number of ether oxygens (including phenoxy) is 1. The Morgan fingerprint density at radius 1 is 1.33 bits per heavy atom. The van der Waals surface area contributed by atoms with Gasteiger partial charge < -0.3 is 4.74 Å². The number of hydrogen-bond acceptors (Lipinski definition) is 2. The maximum Gasteiger partial charge on any atom is 0.308 e. The molecule has 2 saturated carbocycles. The summed E-state index contributed by atoms with van der Waals surface area (Å²) in [4.78, 5) is 11.3. The average molecular weight is 168 g/mol. The number of rotatable bonds is 1. The van der Waals surface area contributed by atoms with Crippen LogP contribution in [0.1, 0.15) is 32.1 Å². The molecular formula is C10H16O2. The fourth-order valence-corrected chi connectivity index (χ4v) is 2.90. The van der Waals surface area contributed by atoms with Crippen molar-refractivity contribution in [2.24, 2.45) is 17.8 Å². The smallest absolute Gasteiger partial charge is 0.308 e. The fourth-order valence-electron chi connectivity index (χ4n) is 2.90. The van der Waals surface area contributed by atoms with Crippen LogP contribution in [0.5, 0.6) is 0 Å². The molecule has 3 atom stereocenters. The summed E-state index contributed by atoms with van der Waals surface area (Å²) >= 11 is 0. The predicted octanol–water partition coefficient (Wildman–Crippen LogP) is 1.99. The minimum absolute atomic E-state index is 0.0319. The molecule has 2 rings (SSSR count). The molecule has 0 N–H and O–H groups in total. The summed E-state index contributed by atoms with van der Waals surface area (Å²) in [5, 5.41) is 0. The van der Waals surface area contributed by atoms with Crippen molar-refractivity contribution in [1.82, 2.24) is 0 Å². The monoisotopic (exact) mass is 168 g/mol. The van der Waals surface area contributed by atoms with Crippen molar-refractivity contribution in [3.63, 3.8) is 0 Å². The van der Waals surface area contributed by atoms with E-state index in [0.29, 0.717) is 5.92 Å². The molecule has 12 heavy (non-hydrogen) atoms. The fraction of sp³-hybridized carbons (Fsp3) is 0.900. The van der Waals surface area contributed by atoms with Gasteiger partial charge in [0, 0.05) is 0 Å². The van der Waals surface area contributed by atoms with Crippen LogP contribution < -0.4 is 0 Å². The molecule has 2 fully saturated rings. The van der Waals surface area contributed by atoms with E-state index in [4.69, 9.17) is 4.74 Å². The Bertz CT molecular complexity index is 188. The highest BCUT2D eigenvalue weighted by molar-refractivity contribution is 5.73. The van der Waals surface area contributed by atoms with Crippen molar-refractivity contribution >= 4 is 5.97 Å². The van der Waals surface area contributed by atoms with Gasteiger partial charge in [0.2, 0.25) is 0 Å². The van der Waals surface area contributed by atoms with Crippen LogP contribution in [0.15, 0.2) is 0 Å². The quantitative estimate of drug-likeness (QED) is 0.560. The van der Waals surface area contributed by atoms with E-state index in [-0.39, 0.29) is 11.9 Å². The highest BCUT2D eigenvalue weighted by atomic mass is 16.5. The number of carbonyl (C=O) groups is 1. The Labute approximate surface area is 73.3 Å². The van der Waals surface area contributed by atoms with Gasteiger partial charge in [-0.05, 0) is 31.1 Å². The lowest BCUT2D eigenvalue weighted by atomic mass is 9.87. The van der Waals surface area contributed by atoms with Crippen LogP contribution in [0.4, 0.5) is 0 Å².